The van der Waals surface area contributed by atoms with E-state index in [4.69, 9.17) is 0 Å². The van der Waals surface area contributed by atoms with Crippen LogP contribution in [0.15, 0.2) is 0 Å². The Bertz CT molecular complexity index is 65.3. The molecule has 0 aromatic carbocycles. The van der Waals surface area contributed by atoms with E-state index in [1.807, 2.05) is 0 Å². The fourth-order valence-corrected chi connectivity index (χ4v) is 1.60. The van der Waals surface area contributed by atoms with Crippen molar-refractivity contribution in [3.05, 3.63) is 0 Å². The van der Waals surface area contributed by atoms with Crippen LogP contribution in [0, 0.1) is 5.92 Å². The Morgan fingerprint density at radius 2 is 1.55 bits per heavy atom. The molecule has 1 nitrogen and oxygen atoms in total. The highest BCUT2D eigenvalue weighted by Gasteiger charge is 2.09. The summed E-state index contributed by atoms with van der Waals surface area (Å²) in [5.74, 6) is 1.09. The number of methoxy groups -OCH3 is 1. The van der Waals surface area contributed by atoms with E-state index in [9.17, 15) is 0 Å². The molecule has 0 aliphatic heterocycles. The second-order valence-electron chi connectivity index (χ2n) is 3.32. The molecule has 1 aliphatic rings. The summed E-state index contributed by atoms with van der Waals surface area (Å²) in [6.07, 6.45) is 8.93. The van der Waals surface area contributed by atoms with Crippen LogP contribution < -0.4 is 0 Å². The number of rotatable bonds is 1. The largest absolute Gasteiger partial charge is 0.388 e. The first kappa shape index (κ1) is 11.0. The van der Waals surface area contributed by atoms with Crippen LogP contribution in [0.2, 0.25) is 0 Å². The van der Waals surface area contributed by atoms with Crippen LogP contribution in [0.5, 0.6) is 0 Å². The van der Waals surface area contributed by atoms with Gasteiger partial charge in [0.05, 0.1) is 0 Å². The van der Waals surface area contributed by atoms with Gasteiger partial charge in [-0.05, 0) is 5.92 Å². The summed E-state index contributed by atoms with van der Waals surface area (Å²) in [6, 6.07) is 0. The Hall–Kier alpha value is -0.0400. The monoisotopic (exact) mass is 158 g/mol. The van der Waals surface area contributed by atoms with Gasteiger partial charge >= 0.3 is 0 Å². The van der Waals surface area contributed by atoms with Crippen LogP contribution >= 0.6 is 0 Å². The van der Waals surface area contributed by atoms with Crippen molar-refractivity contribution in [2.24, 2.45) is 5.92 Å². The van der Waals surface area contributed by atoms with Crippen molar-refractivity contribution in [3.63, 3.8) is 0 Å². The fraction of sp³-hybridized carbons (Fsp3) is 1.00. The van der Waals surface area contributed by atoms with E-state index in [1.54, 1.807) is 14.2 Å². The zero-order valence-electron chi connectivity index (χ0n) is 8.23. The zero-order chi connectivity index (χ0) is 8.53. The molecule has 11 heavy (non-hydrogen) atoms. The molecule has 0 radical (unpaired) electrons. The second-order valence-corrected chi connectivity index (χ2v) is 3.32. The summed E-state index contributed by atoms with van der Waals surface area (Å²) >= 11 is 0. The fourth-order valence-electron chi connectivity index (χ4n) is 1.60. The molecule has 68 valence electrons. The van der Waals surface area contributed by atoms with E-state index >= 15 is 0 Å². The smallest absolute Gasteiger partial charge is 0.0351 e. The highest BCUT2D eigenvalue weighted by Crippen LogP contribution is 2.25. The predicted molar refractivity (Wildman–Crippen MR) is 49.8 cm³/mol. The summed E-state index contributed by atoms with van der Waals surface area (Å²) < 4.78 is 4.25. The van der Waals surface area contributed by atoms with Gasteiger partial charge in [-0.15, -0.1) is 0 Å². The Kier molecular flexibility index (Phi) is 8.03. The molecule has 0 aromatic heterocycles. The van der Waals surface area contributed by atoms with Gasteiger partial charge in [0.1, 0.15) is 0 Å². The van der Waals surface area contributed by atoms with Gasteiger partial charge < -0.3 is 4.74 Å². The average Bonchev–Trinajstić information content (AvgIpc) is 2.08. The molecule has 0 bridgehead atoms. The number of hydrogen-bond donors (Lipinski definition) is 0. The first-order valence-electron chi connectivity index (χ1n) is 4.75. The van der Waals surface area contributed by atoms with E-state index in [2.05, 4.69) is 11.7 Å². The Morgan fingerprint density at radius 3 is 1.82 bits per heavy atom. The third kappa shape index (κ3) is 6.36. The van der Waals surface area contributed by atoms with Crippen LogP contribution in [0.1, 0.15) is 45.4 Å². The molecule has 1 aliphatic carbocycles. The molecule has 1 fully saturated rings. The molecule has 0 spiro atoms. The molecule has 0 heterocycles. The molecule has 1 saturated carbocycles. The number of ether oxygens (including phenoxy) is 1. The number of hydrogen-bond acceptors (Lipinski definition) is 1. The second kappa shape index (κ2) is 8.06. The summed E-state index contributed by atoms with van der Waals surface area (Å²) in [7, 11) is 3.25. The van der Waals surface area contributed by atoms with Crippen molar-refractivity contribution in [2.75, 3.05) is 14.2 Å². The van der Waals surface area contributed by atoms with E-state index in [-0.39, 0.29) is 0 Å². The summed E-state index contributed by atoms with van der Waals surface area (Å²) in [5, 5.41) is 0. The van der Waals surface area contributed by atoms with Crippen molar-refractivity contribution in [1.82, 2.24) is 0 Å². The molecular formula is C10H22O. The van der Waals surface area contributed by atoms with Gasteiger partial charge in [0.15, 0.2) is 0 Å². The first-order valence-corrected chi connectivity index (χ1v) is 4.75. The summed E-state index contributed by atoms with van der Waals surface area (Å²) in [6.45, 7) is 2.32. The molecule has 0 saturated heterocycles. The first-order chi connectivity index (χ1) is 5.35. The quantitative estimate of drug-likeness (QED) is 0.569. The molecule has 1 rings (SSSR count). The van der Waals surface area contributed by atoms with Gasteiger partial charge in [-0.3, -0.25) is 0 Å². The van der Waals surface area contributed by atoms with Gasteiger partial charge in [-0.25, -0.2) is 0 Å². The van der Waals surface area contributed by atoms with Crippen LogP contribution in [-0.2, 0) is 4.74 Å². The van der Waals surface area contributed by atoms with E-state index in [0.717, 1.165) is 5.92 Å². The van der Waals surface area contributed by atoms with Crippen molar-refractivity contribution < 1.29 is 4.74 Å². The Labute approximate surface area is 71.1 Å². The van der Waals surface area contributed by atoms with Crippen LogP contribution in [0.3, 0.4) is 0 Å². The maximum Gasteiger partial charge on any atom is 0.0351 e. The average molecular weight is 158 g/mol. The lowest BCUT2D eigenvalue weighted by Crippen LogP contribution is -2.03. The Balaban J connectivity index is 0.000000292. The summed E-state index contributed by atoms with van der Waals surface area (Å²) in [5.41, 5.74) is 0. The molecular weight excluding hydrogens is 136 g/mol. The lowest BCUT2D eigenvalue weighted by molar-refractivity contribution is 0.277. The van der Waals surface area contributed by atoms with Gasteiger partial charge in [-0.1, -0.05) is 45.4 Å². The van der Waals surface area contributed by atoms with Crippen molar-refractivity contribution in [2.45, 2.75) is 45.4 Å². The van der Waals surface area contributed by atoms with E-state index in [1.165, 1.54) is 38.5 Å². The molecule has 0 amide bonds. The van der Waals surface area contributed by atoms with Crippen LogP contribution in [-0.4, -0.2) is 14.2 Å². The van der Waals surface area contributed by atoms with Gasteiger partial charge in [-0.2, -0.15) is 0 Å². The Morgan fingerprint density at radius 1 is 1.09 bits per heavy atom. The standard InChI is InChI=1S/C8H16.C2H6O/c1-2-8-6-4-3-5-7-8;1-3-2/h8H,2-7H2,1H3;1-2H3. The zero-order valence-corrected chi connectivity index (χ0v) is 8.23. The highest BCUT2D eigenvalue weighted by atomic mass is 16.4. The van der Waals surface area contributed by atoms with E-state index in [0.29, 0.717) is 0 Å². The van der Waals surface area contributed by atoms with Gasteiger partial charge in [0.25, 0.3) is 0 Å². The minimum absolute atomic E-state index is 1.09. The van der Waals surface area contributed by atoms with Crippen molar-refractivity contribution in [3.8, 4) is 0 Å². The minimum Gasteiger partial charge on any atom is -0.388 e. The topological polar surface area (TPSA) is 9.23 Å². The predicted octanol–water partition coefficient (Wildman–Crippen LogP) is 3.24. The molecule has 0 unspecified atom stereocenters. The van der Waals surface area contributed by atoms with E-state index < -0.39 is 0 Å². The molecule has 0 N–H and O–H groups in total. The van der Waals surface area contributed by atoms with Crippen LogP contribution in [0.4, 0.5) is 0 Å². The van der Waals surface area contributed by atoms with Gasteiger partial charge in [0, 0.05) is 14.2 Å². The summed E-state index contributed by atoms with van der Waals surface area (Å²) in [4.78, 5) is 0. The maximum atomic E-state index is 4.25. The van der Waals surface area contributed by atoms with Crippen molar-refractivity contribution in [1.29, 1.82) is 0 Å². The molecule has 0 aromatic rings. The highest BCUT2D eigenvalue weighted by molar-refractivity contribution is 4.63. The van der Waals surface area contributed by atoms with Crippen LogP contribution in [0.25, 0.3) is 0 Å². The SMILES string of the molecule is CCC1CCCCC1.COC. The van der Waals surface area contributed by atoms with Crippen molar-refractivity contribution >= 4 is 0 Å². The maximum absolute atomic E-state index is 4.25. The lowest BCUT2D eigenvalue weighted by atomic mass is 9.88. The minimum atomic E-state index is 1.09. The third-order valence-corrected chi connectivity index (χ3v) is 2.30. The lowest BCUT2D eigenvalue weighted by Gasteiger charge is -2.18. The van der Waals surface area contributed by atoms with Gasteiger partial charge in [0.2, 0.25) is 0 Å². The normalized spacial score (nSPS) is 18.8. The molecule has 0 atom stereocenters. The molecule has 1 heteroatoms. The third-order valence-electron chi connectivity index (χ3n) is 2.30.